The van der Waals surface area contributed by atoms with Gasteiger partial charge in [0, 0.05) is 12.6 Å². The second kappa shape index (κ2) is 5.16. The number of aromatic hydroxyl groups is 1. The Morgan fingerprint density at radius 1 is 1.27 bits per heavy atom. The van der Waals surface area contributed by atoms with E-state index in [0.717, 1.165) is 0 Å². The van der Waals surface area contributed by atoms with Gasteiger partial charge < -0.3 is 10.4 Å². The van der Waals surface area contributed by atoms with E-state index in [0.29, 0.717) is 10.7 Å². The zero-order chi connectivity index (χ0) is 11.3. The highest BCUT2D eigenvalue weighted by molar-refractivity contribution is 7.80. The summed E-state index contributed by atoms with van der Waals surface area (Å²) in [5.74, 6) is -0.210. The summed E-state index contributed by atoms with van der Waals surface area (Å²) in [5.41, 5.74) is 5.33. The van der Waals surface area contributed by atoms with Crippen LogP contribution in [0.5, 0.6) is 5.75 Å². The molecule has 0 unspecified atom stereocenters. The first-order valence-corrected chi connectivity index (χ1v) is 4.61. The van der Waals surface area contributed by atoms with Gasteiger partial charge in [0.1, 0.15) is 5.75 Å². The Bertz CT molecular complexity index is 364. The van der Waals surface area contributed by atoms with Crippen molar-refractivity contribution in [1.82, 2.24) is 16.2 Å². The van der Waals surface area contributed by atoms with E-state index in [2.05, 4.69) is 16.2 Å². The highest BCUT2D eigenvalue weighted by Gasteiger charge is 2.04. The summed E-state index contributed by atoms with van der Waals surface area (Å²) >= 11 is 4.77. The summed E-state index contributed by atoms with van der Waals surface area (Å²) in [5, 5.41) is 12.0. The number of hydrogen-bond donors (Lipinski definition) is 4. The maximum atomic E-state index is 11.4. The molecule has 0 aliphatic heterocycles. The smallest absolute Gasteiger partial charge is 0.269 e. The lowest BCUT2D eigenvalue weighted by Crippen LogP contribution is -2.45. The molecule has 0 heterocycles. The molecule has 1 aromatic carbocycles. The molecular weight excluding hydrogens is 214 g/mol. The Morgan fingerprint density at radius 3 is 2.40 bits per heavy atom. The van der Waals surface area contributed by atoms with E-state index >= 15 is 0 Å². The van der Waals surface area contributed by atoms with E-state index in [1.54, 1.807) is 7.05 Å². The number of carbonyl (C=O) groups is 1. The van der Waals surface area contributed by atoms with Gasteiger partial charge in [0.25, 0.3) is 5.91 Å². The van der Waals surface area contributed by atoms with Gasteiger partial charge in [-0.05, 0) is 36.5 Å². The van der Waals surface area contributed by atoms with Gasteiger partial charge in [-0.2, -0.15) is 0 Å². The standard InChI is InChI=1S/C9H11N3O2S/c1-10-9(15)12-11-8(14)6-2-4-7(13)5-3-6/h2-5,13H,1H3,(H,11,14)(H2,10,12,15). The highest BCUT2D eigenvalue weighted by Crippen LogP contribution is 2.08. The second-order valence-electron chi connectivity index (χ2n) is 2.71. The van der Waals surface area contributed by atoms with Crippen molar-refractivity contribution in [3.05, 3.63) is 29.8 Å². The first kappa shape index (κ1) is 11.3. The monoisotopic (exact) mass is 225 g/mol. The Kier molecular flexibility index (Phi) is 3.87. The van der Waals surface area contributed by atoms with Crippen LogP contribution in [0, 0.1) is 0 Å². The van der Waals surface area contributed by atoms with Gasteiger partial charge in [0.05, 0.1) is 0 Å². The molecule has 6 heteroatoms. The van der Waals surface area contributed by atoms with Crippen molar-refractivity contribution in [2.75, 3.05) is 7.05 Å². The molecule has 5 nitrogen and oxygen atoms in total. The minimum atomic E-state index is -0.326. The second-order valence-corrected chi connectivity index (χ2v) is 3.11. The zero-order valence-electron chi connectivity index (χ0n) is 8.07. The molecule has 0 aromatic heterocycles. The van der Waals surface area contributed by atoms with Crippen LogP contribution < -0.4 is 16.2 Å². The Labute approximate surface area is 92.5 Å². The van der Waals surface area contributed by atoms with Crippen molar-refractivity contribution in [2.45, 2.75) is 0 Å². The van der Waals surface area contributed by atoms with Crippen LogP contribution in [-0.4, -0.2) is 23.2 Å². The number of amides is 1. The Balaban J connectivity index is 2.54. The number of phenols is 1. The molecule has 0 bridgehead atoms. The van der Waals surface area contributed by atoms with E-state index in [4.69, 9.17) is 17.3 Å². The van der Waals surface area contributed by atoms with E-state index in [1.807, 2.05) is 0 Å². The molecular formula is C9H11N3O2S. The van der Waals surface area contributed by atoms with Crippen molar-refractivity contribution in [3.63, 3.8) is 0 Å². The fraction of sp³-hybridized carbons (Fsp3) is 0.111. The predicted molar refractivity (Wildman–Crippen MR) is 60.4 cm³/mol. The Hall–Kier alpha value is -1.82. The summed E-state index contributed by atoms with van der Waals surface area (Å²) in [6, 6.07) is 5.89. The molecule has 0 aliphatic rings. The van der Waals surface area contributed by atoms with Crippen molar-refractivity contribution in [2.24, 2.45) is 0 Å². The zero-order valence-corrected chi connectivity index (χ0v) is 8.89. The van der Waals surface area contributed by atoms with Crippen molar-refractivity contribution >= 4 is 23.2 Å². The summed E-state index contributed by atoms with van der Waals surface area (Å²) in [7, 11) is 1.64. The quantitative estimate of drug-likeness (QED) is 0.404. The number of thiocarbonyl (C=S) groups is 1. The molecule has 80 valence electrons. The van der Waals surface area contributed by atoms with Gasteiger partial charge in [-0.15, -0.1) is 0 Å². The fourth-order valence-electron chi connectivity index (χ4n) is 0.861. The number of phenolic OH excluding ortho intramolecular Hbond substituents is 1. The number of hydrazine groups is 1. The van der Waals surface area contributed by atoms with Crippen molar-refractivity contribution < 1.29 is 9.90 Å². The third-order valence-corrected chi connectivity index (χ3v) is 1.95. The molecule has 0 atom stereocenters. The van der Waals surface area contributed by atoms with Crippen LogP contribution in [0.2, 0.25) is 0 Å². The van der Waals surface area contributed by atoms with Gasteiger partial charge >= 0.3 is 0 Å². The lowest BCUT2D eigenvalue weighted by atomic mass is 10.2. The van der Waals surface area contributed by atoms with Crippen LogP contribution in [0.3, 0.4) is 0 Å². The van der Waals surface area contributed by atoms with Gasteiger partial charge in [0.15, 0.2) is 5.11 Å². The molecule has 15 heavy (non-hydrogen) atoms. The predicted octanol–water partition coefficient (Wildman–Crippen LogP) is 0.131. The molecule has 1 amide bonds. The number of benzene rings is 1. The van der Waals surface area contributed by atoms with Crippen molar-refractivity contribution in [3.8, 4) is 5.75 Å². The summed E-state index contributed by atoms with van der Waals surface area (Å²) in [4.78, 5) is 11.4. The van der Waals surface area contributed by atoms with Gasteiger partial charge in [-0.1, -0.05) is 0 Å². The summed E-state index contributed by atoms with van der Waals surface area (Å²) in [6.45, 7) is 0. The minimum absolute atomic E-state index is 0.116. The lowest BCUT2D eigenvalue weighted by molar-refractivity contribution is 0.0944. The van der Waals surface area contributed by atoms with Crippen LogP contribution in [0.4, 0.5) is 0 Å². The van der Waals surface area contributed by atoms with Crippen LogP contribution in [0.15, 0.2) is 24.3 Å². The average molecular weight is 225 g/mol. The molecule has 0 radical (unpaired) electrons. The lowest BCUT2D eigenvalue weighted by Gasteiger charge is -2.08. The first-order valence-electron chi connectivity index (χ1n) is 4.20. The molecule has 0 saturated carbocycles. The van der Waals surface area contributed by atoms with E-state index in [-0.39, 0.29) is 11.7 Å². The molecule has 1 rings (SSSR count). The minimum Gasteiger partial charge on any atom is -0.508 e. The van der Waals surface area contributed by atoms with E-state index in [9.17, 15) is 4.79 Å². The maximum absolute atomic E-state index is 11.4. The molecule has 0 saturated heterocycles. The third kappa shape index (κ3) is 3.43. The normalized spacial score (nSPS) is 9.13. The molecule has 0 aliphatic carbocycles. The Morgan fingerprint density at radius 2 is 1.87 bits per heavy atom. The molecule has 0 fully saturated rings. The van der Waals surface area contributed by atoms with Crippen LogP contribution in [0.25, 0.3) is 0 Å². The number of carbonyl (C=O) groups excluding carboxylic acids is 1. The molecule has 1 aromatic rings. The van der Waals surface area contributed by atoms with Gasteiger partial charge in [-0.3, -0.25) is 15.6 Å². The third-order valence-electron chi connectivity index (χ3n) is 1.65. The number of hydrogen-bond acceptors (Lipinski definition) is 3. The topological polar surface area (TPSA) is 73.4 Å². The van der Waals surface area contributed by atoms with E-state index in [1.165, 1.54) is 24.3 Å². The maximum Gasteiger partial charge on any atom is 0.269 e. The molecule has 0 spiro atoms. The van der Waals surface area contributed by atoms with Crippen LogP contribution >= 0.6 is 12.2 Å². The van der Waals surface area contributed by atoms with Gasteiger partial charge in [-0.25, -0.2) is 0 Å². The SMILES string of the molecule is CNC(=S)NNC(=O)c1ccc(O)cc1. The number of nitrogens with one attached hydrogen (secondary N) is 3. The molecule has 4 N–H and O–H groups in total. The summed E-state index contributed by atoms with van der Waals surface area (Å²) in [6.07, 6.45) is 0. The fourth-order valence-corrected chi connectivity index (χ4v) is 0.912. The van der Waals surface area contributed by atoms with E-state index < -0.39 is 0 Å². The summed E-state index contributed by atoms with van der Waals surface area (Å²) < 4.78 is 0. The highest BCUT2D eigenvalue weighted by atomic mass is 32.1. The largest absolute Gasteiger partial charge is 0.508 e. The van der Waals surface area contributed by atoms with Gasteiger partial charge in [0.2, 0.25) is 0 Å². The van der Waals surface area contributed by atoms with Crippen molar-refractivity contribution in [1.29, 1.82) is 0 Å². The average Bonchev–Trinajstić information content (AvgIpc) is 2.26. The first-order chi connectivity index (χ1) is 7.13. The van der Waals surface area contributed by atoms with Crippen LogP contribution in [-0.2, 0) is 0 Å². The number of rotatable bonds is 1. The van der Waals surface area contributed by atoms with Crippen LogP contribution in [0.1, 0.15) is 10.4 Å².